The Bertz CT molecular complexity index is 2080. The zero-order chi connectivity index (χ0) is 52.2. The largest absolute Gasteiger partial charge is 0.481 e. The van der Waals surface area contributed by atoms with Crippen molar-refractivity contribution >= 4 is 39.2 Å². The van der Waals surface area contributed by atoms with Crippen LogP contribution in [0.2, 0.25) is 0 Å². The van der Waals surface area contributed by atoms with Crippen LogP contribution in [0.15, 0.2) is 102 Å². The average Bonchev–Trinajstić information content (AvgIpc) is 3.60. The van der Waals surface area contributed by atoms with E-state index in [1.54, 1.807) is 12.2 Å². The van der Waals surface area contributed by atoms with E-state index in [4.69, 9.17) is 29.0 Å². The van der Waals surface area contributed by atoms with Gasteiger partial charge in [-0.05, 0) is 89.2 Å². The minimum atomic E-state index is -5.46. The first-order valence-corrected chi connectivity index (χ1v) is 27.5. The summed E-state index contributed by atoms with van der Waals surface area (Å²) in [6.45, 7) is 1.84. The lowest BCUT2D eigenvalue weighted by Crippen LogP contribution is -2.36. The summed E-state index contributed by atoms with van der Waals surface area (Å²) < 4.78 is 56.5. The van der Waals surface area contributed by atoms with Gasteiger partial charge < -0.3 is 39.9 Å². The summed E-state index contributed by atoms with van der Waals surface area (Å²) in [4.78, 5) is 73.6. The average molecular weight is 1040 g/mol. The van der Waals surface area contributed by atoms with Gasteiger partial charge in [0.25, 0.3) is 0 Å². The van der Waals surface area contributed by atoms with Crippen molar-refractivity contribution in [2.24, 2.45) is 0 Å². The van der Waals surface area contributed by atoms with Gasteiger partial charge in [0, 0.05) is 25.5 Å². The SMILES string of the molecule is CCCCC/C=C\C/C=C\C/C=C\CCCCC(=O)OC[C@H](COP(=O)(O)OP(=O)(O)OC[C@H]1O[C@@H](n2ccc(N)nc2=O)[C@H](O)[C@@H]1O)OC(=O)CCC/C=C\C/C=C\C/C=C\C=C\C(=O)CCCCC. The van der Waals surface area contributed by atoms with E-state index in [0.29, 0.717) is 44.9 Å². The summed E-state index contributed by atoms with van der Waals surface area (Å²) in [5.74, 6) is -1.34. The molecule has 398 valence electrons. The first kappa shape index (κ1) is 62.7. The second kappa shape index (κ2) is 37.4. The molecule has 1 aliphatic rings. The fraction of sp³-hybridized carbons (Fsp3) is 0.580. The minimum absolute atomic E-state index is 0.0499. The van der Waals surface area contributed by atoms with Gasteiger partial charge in [-0.15, -0.1) is 0 Å². The van der Waals surface area contributed by atoms with Crippen molar-refractivity contribution < 1.29 is 71.1 Å². The van der Waals surface area contributed by atoms with E-state index >= 15 is 0 Å². The summed E-state index contributed by atoms with van der Waals surface area (Å²) >= 11 is 0. The Morgan fingerprint density at radius 1 is 0.718 bits per heavy atom. The summed E-state index contributed by atoms with van der Waals surface area (Å²) in [5.41, 5.74) is 4.57. The summed E-state index contributed by atoms with van der Waals surface area (Å²) in [6, 6.07) is 1.24. The monoisotopic (exact) mass is 1040 g/mol. The predicted molar refractivity (Wildman–Crippen MR) is 270 cm³/mol. The lowest BCUT2D eigenvalue weighted by Gasteiger charge is -2.21. The third kappa shape index (κ3) is 30.3. The molecule has 1 fully saturated rings. The van der Waals surface area contributed by atoms with Gasteiger partial charge in [-0.25, -0.2) is 13.9 Å². The second-order valence-corrected chi connectivity index (χ2v) is 19.7. The number of aromatic nitrogens is 2. The zero-order valence-corrected chi connectivity index (χ0v) is 43.0. The number of ether oxygens (including phenoxy) is 3. The number of hydrogen-bond donors (Lipinski definition) is 5. The summed E-state index contributed by atoms with van der Waals surface area (Å²) in [7, 11) is -10.9. The first-order chi connectivity index (χ1) is 34.1. The molecule has 2 rings (SSSR count). The lowest BCUT2D eigenvalue weighted by molar-refractivity contribution is -0.161. The van der Waals surface area contributed by atoms with E-state index in [0.717, 1.165) is 55.7 Å². The molecule has 7 atom stereocenters. The highest BCUT2D eigenvalue weighted by atomic mass is 31.3. The molecule has 0 aliphatic carbocycles. The number of carbonyl (C=O) groups is 3. The van der Waals surface area contributed by atoms with Gasteiger partial charge in [0.2, 0.25) is 0 Å². The number of nitrogen functional groups attached to an aromatic ring is 1. The van der Waals surface area contributed by atoms with E-state index in [1.165, 1.54) is 25.3 Å². The van der Waals surface area contributed by atoms with Crippen LogP contribution < -0.4 is 11.4 Å². The van der Waals surface area contributed by atoms with Gasteiger partial charge in [-0.3, -0.25) is 28.0 Å². The van der Waals surface area contributed by atoms with Gasteiger partial charge in [-0.1, -0.05) is 119 Å². The van der Waals surface area contributed by atoms with E-state index in [-0.39, 0.29) is 24.4 Å². The number of allylic oxidation sites excluding steroid dienone is 14. The molecule has 71 heavy (non-hydrogen) atoms. The molecule has 0 radical (unpaired) electrons. The van der Waals surface area contributed by atoms with Crippen LogP contribution in [0.4, 0.5) is 5.82 Å². The Hall–Kier alpha value is -4.39. The molecule has 21 heteroatoms. The van der Waals surface area contributed by atoms with Crippen molar-refractivity contribution in [3.8, 4) is 0 Å². The third-order valence-corrected chi connectivity index (χ3v) is 13.0. The number of nitrogens with zero attached hydrogens (tertiary/aromatic N) is 2. The number of rotatable bonds is 39. The molecule has 0 amide bonds. The number of ketones is 1. The maximum absolute atomic E-state index is 12.8. The van der Waals surface area contributed by atoms with Crippen molar-refractivity contribution in [1.82, 2.24) is 9.55 Å². The van der Waals surface area contributed by atoms with Crippen LogP contribution in [0.25, 0.3) is 0 Å². The Morgan fingerprint density at radius 2 is 1.27 bits per heavy atom. The fourth-order valence-electron chi connectivity index (χ4n) is 6.56. The molecule has 1 saturated heterocycles. The van der Waals surface area contributed by atoms with Gasteiger partial charge in [0.05, 0.1) is 13.2 Å². The third-order valence-electron chi connectivity index (χ3n) is 10.4. The zero-order valence-electron chi connectivity index (χ0n) is 41.2. The van der Waals surface area contributed by atoms with Crippen molar-refractivity contribution in [3.63, 3.8) is 0 Å². The van der Waals surface area contributed by atoms with Crippen LogP contribution in [0.1, 0.15) is 142 Å². The van der Waals surface area contributed by atoms with Crippen LogP contribution in [-0.2, 0) is 51.1 Å². The Balaban J connectivity index is 1.87. The van der Waals surface area contributed by atoms with Crippen LogP contribution in [0, 0.1) is 0 Å². The Labute approximate surface area is 418 Å². The normalized spacial score (nSPS) is 19.8. The van der Waals surface area contributed by atoms with Crippen molar-refractivity contribution in [2.45, 2.75) is 166 Å². The summed E-state index contributed by atoms with van der Waals surface area (Å²) in [5, 5.41) is 20.9. The van der Waals surface area contributed by atoms with E-state index in [9.17, 15) is 48.3 Å². The lowest BCUT2D eigenvalue weighted by atomic mass is 10.1. The smallest absolute Gasteiger partial charge is 0.462 e. The maximum Gasteiger partial charge on any atom is 0.481 e. The predicted octanol–water partition coefficient (Wildman–Crippen LogP) is 9.06. The van der Waals surface area contributed by atoms with Crippen LogP contribution >= 0.6 is 15.6 Å². The topological polar surface area (TPSA) is 283 Å². The van der Waals surface area contributed by atoms with E-state index < -0.39 is 83.7 Å². The molecule has 1 aromatic heterocycles. The number of unbranched alkanes of at least 4 members (excludes halogenated alkanes) is 8. The molecular formula is C50H77N3O16P2. The number of aliphatic hydroxyl groups is 2. The number of nitrogens with two attached hydrogens (primary N) is 1. The van der Waals surface area contributed by atoms with Crippen molar-refractivity contribution in [3.05, 3.63) is 108 Å². The molecular weight excluding hydrogens is 961 g/mol. The first-order valence-electron chi connectivity index (χ1n) is 24.6. The van der Waals surface area contributed by atoms with Crippen LogP contribution in [0.3, 0.4) is 0 Å². The standard InChI is InChI=1S/C50H77N3O16P2/c1-3-5-7-8-9-10-11-12-13-14-17-20-23-26-30-34-45(55)64-38-42(67-46(56)35-31-27-24-21-18-15-16-19-22-25-29-33-41(54)32-28-6-4-2)39-65-70(60,61)69-71(62,63)66-40-43-47(57)48(58)49(68-43)53-37-36-44(51)52-50(53)59/h9-10,12-13,15-17,20-22,24-25,29,33,36-37,42-43,47-49,57-58H,3-8,11,14,18-19,23,26-28,30-32,34-35,38-40H2,1-2H3,(H,60,61)(H,62,63)(H2,51,52,59)/b10-9-,13-12-,16-15-,20-17-,24-21-,25-22-,33-29+/t42-,43-,47-,48-,49-/m1/s1. The molecule has 6 N–H and O–H groups in total. The number of esters is 2. The van der Waals surface area contributed by atoms with E-state index in [2.05, 4.69) is 53.5 Å². The highest BCUT2D eigenvalue weighted by Crippen LogP contribution is 2.60. The number of anilines is 1. The molecule has 19 nitrogen and oxygen atoms in total. The van der Waals surface area contributed by atoms with Gasteiger partial charge in [0.15, 0.2) is 18.1 Å². The van der Waals surface area contributed by atoms with E-state index in [1.807, 2.05) is 42.5 Å². The number of hydrogen-bond acceptors (Lipinski definition) is 16. The number of phosphoric ester groups is 2. The van der Waals surface area contributed by atoms with Gasteiger partial charge >= 0.3 is 33.3 Å². The highest BCUT2D eigenvalue weighted by molar-refractivity contribution is 7.61. The van der Waals surface area contributed by atoms with Crippen LogP contribution in [0.5, 0.6) is 0 Å². The molecule has 2 unspecified atom stereocenters. The molecule has 1 aromatic rings. The molecule has 0 aromatic carbocycles. The molecule has 2 heterocycles. The number of aliphatic hydroxyl groups excluding tert-OH is 2. The van der Waals surface area contributed by atoms with Gasteiger partial charge in [-0.2, -0.15) is 9.29 Å². The fourth-order valence-corrected chi connectivity index (χ4v) is 8.67. The van der Waals surface area contributed by atoms with Crippen molar-refractivity contribution in [1.29, 1.82) is 0 Å². The molecule has 0 saturated carbocycles. The summed E-state index contributed by atoms with van der Waals surface area (Å²) in [6.07, 6.45) is 35.2. The number of phosphoric acid groups is 2. The molecule has 0 spiro atoms. The Kier molecular flexibility index (Phi) is 33.0. The molecule has 0 bridgehead atoms. The minimum Gasteiger partial charge on any atom is -0.462 e. The second-order valence-electron chi connectivity index (χ2n) is 16.6. The van der Waals surface area contributed by atoms with Crippen molar-refractivity contribution in [2.75, 3.05) is 25.6 Å². The molecule has 1 aliphatic heterocycles. The Morgan fingerprint density at radius 3 is 1.90 bits per heavy atom. The van der Waals surface area contributed by atoms with Crippen LogP contribution in [-0.4, -0.2) is 91.5 Å². The van der Waals surface area contributed by atoms with Gasteiger partial charge in [0.1, 0.15) is 30.7 Å². The highest BCUT2D eigenvalue weighted by Gasteiger charge is 2.46. The quantitative estimate of drug-likeness (QED) is 0.0103. The maximum atomic E-state index is 12.8. The number of carbonyl (C=O) groups excluding carboxylic acids is 3.